The molecule has 0 unspecified atom stereocenters. The number of aliphatic carboxylic acids is 1. The number of carbonyl (C=O) groups excluding carboxylic acids is 1. The average molecular weight is 502 g/mol. The molecule has 1 aliphatic rings. The molecular formula is C20H24BrNO5S2. The Morgan fingerprint density at radius 3 is 2.76 bits per heavy atom. The number of hydrogen-bond donors (Lipinski definition) is 1. The van der Waals surface area contributed by atoms with Gasteiger partial charge in [-0.1, -0.05) is 50.2 Å². The van der Waals surface area contributed by atoms with Gasteiger partial charge in [-0.3, -0.25) is 14.5 Å². The second kappa shape index (κ2) is 11.6. The lowest BCUT2D eigenvalue weighted by molar-refractivity contribution is -0.137. The van der Waals surface area contributed by atoms with Crippen LogP contribution in [0.15, 0.2) is 21.5 Å². The normalized spacial score (nSPS) is 15.3. The number of hydrogen-bond acceptors (Lipinski definition) is 6. The van der Waals surface area contributed by atoms with E-state index in [0.29, 0.717) is 27.3 Å². The third-order valence-corrected chi connectivity index (χ3v) is 6.18. The summed E-state index contributed by atoms with van der Waals surface area (Å²) in [6.07, 6.45) is 6.03. The number of thiocarbonyl (C=S) groups is 1. The molecule has 1 aromatic carbocycles. The van der Waals surface area contributed by atoms with Crippen molar-refractivity contribution in [2.45, 2.75) is 39.0 Å². The summed E-state index contributed by atoms with van der Waals surface area (Å²) in [5.74, 6) is -0.0489. The summed E-state index contributed by atoms with van der Waals surface area (Å²) in [6, 6.07) is 3.66. The molecule has 0 aliphatic carbocycles. The van der Waals surface area contributed by atoms with E-state index in [1.54, 1.807) is 19.3 Å². The molecule has 0 radical (unpaired) electrons. The van der Waals surface area contributed by atoms with Crippen molar-refractivity contribution in [1.29, 1.82) is 0 Å². The second-order valence-electron chi connectivity index (χ2n) is 6.42. The minimum atomic E-state index is -0.970. The molecule has 2 rings (SSSR count). The molecule has 158 valence electrons. The third kappa shape index (κ3) is 6.72. The van der Waals surface area contributed by atoms with Crippen LogP contribution in [0, 0.1) is 0 Å². The predicted molar refractivity (Wildman–Crippen MR) is 122 cm³/mol. The van der Waals surface area contributed by atoms with E-state index >= 15 is 0 Å². The molecule has 6 nitrogen and oxygen atoms in total. The van der Waals surface area contributed by atoms with Gasteiger partial charge in [0.05, 0.1) is 29.5 Å². The summed E-state index contributed by atoms with van der Waals surface area (Å²) in [6.45, 7) is 2.84. The van der Waals surface area contributed by atoms with Crippen LogP contribution in [-0.2, 0) is 9.59 Å². The summed E-state index contributed by atoms with van der Waals surface area (Å²) in [4.78, 5) is 25.1. The van der Waals surface area contributed by atoms with Crippen LogP contribution >= 0.6 is 39.9 Å². The Kier molecular flexibility index (Phi) is 9.45. The van der Waals surface area contributed by atoms with Gasteiger partial charge < -0.3 is 14.6 Å². The molecule has 0 spiro atoms. The van der Waals surface area contributed by atoms with Gasteiger partial charge in [0.1, 0.15) is 4.32 Å². The molecule has 1 aromatic rings. The first-order valence-electron chi connectivity index (χ1n) is 9.34. The van der Waals surface area contributed by atoms with E-state index in [-0.39, 0.29) is 18.9 Å². The van der Waals surface area contributed by atoms with Gasteiger partial charge in [-0.05, 0) is 46.1 Å². The van der Waals surface area contributed by atoms with Crippen molar-refractivity contribution >= 4 is 62.2 Å². The van der Waals surface area contributed by atoms with Crippen molar-refractivity contribution in [3.8, 4) is 11.5 Å². The Labute approximate surface area is 188 Å². The minimum absolute atomic E-state index is 0.0646. The van der Waals surface area contributed by atoms with Gasteiger partial charge in [0.25, 0.3) is 5.91 Å². The molecule has 1 aliphatic heterocycles. The van der Waals surface area contributed by atoms with Crippen LogP contribution in [0.5, 0.6) is 11.5 Å². The maximum absolute atomic E-state index is 12.6. The Morgan fingerprint density at radius 2 is 2.10 bits per heavy atom. The van der Waals surface area contributed by atoms with Crippen molar-refractivity contribution < 1.29 is 24.2 Å². The van der Waals surface area contributed by atoms with Crippen LogP contribution in [0.4, 0.5) is 0 Å². The summed E-state index contributed by atoms with van der Waals surface area (Å²) >= 11 is 9.90. The number of carboxylic acids is 1. The lowest BCUT2D eigenvalue weighted by Gasteiger charge is -2.14. The molecule has 0 bridgehead atoms. The third-order valence-electron chi connectivity index (χ3n) is 4.22. The highest BCUT2D eigenvalue weighted by Crippen LogP contribution is 2.39. The number of rotatable bonds is 11. The van der Waals surface area contributed by atoms with Crippen LogP contribution in [0.1, 0.15) is 44.6 Å². The van der Waals surface area contributed by atoms with Gasteiger partial charge in [0.15, 0.2) is 11.5 Å². The van der Waals surface area contributed by atoms with E-state index < -0.39 is 5.97 Å². The van der Waals surface area contributed by atoms with E-state index in [4.69, 9.17) is 26.8 Å². The molecule has 1 fully saturated rings. The van der Waals surface area contributed by atoms with E-state index in [1.807, 2.05) is 6.07 Å². The second-order valence-corrected chi connectivity index (χ2v) is 8.95. The quantitative estimate of drug-likeness (QED) is 0.257. The van der Waals surface area contributed by atoms with Gasteiger partial charge in [-0.2, -0.15) is 0 Å². The van der Waals surface area contributed by atoms with Crippen molar-refractivity contribution in [2.24, 2.45) is 0 Å². The zero-order valence-corrected chi connectivity index (χ0v) is 19.6. The highest BCUT2D eigenvalue weighted by atomic mass is 79.9. The average Bonchev–Trinajstić information content (AvgIpc) is 2.93. The van der Waals surface area contributed by atoms with Gasteiger partial charge >= 0.3 is 5.97 Å². The van der Waals surface area contributed by atoms with E-state index in [2.05, 4.69) is 22.9 Å². The van der Waals surface area contributed by atoms with Crippen LogP contribution in [0.3, 0.4) is 0 Å². The Bertz CT molecular complexity index is 812. The van der Waals surface area contributed by atoms with Crippen molar-refractivity contribution in [1.82, 2.24) is 4.90 Å². The standard InChI is InChI=1S/C20H24BrNO5S2/c1-3-4-5-6-9-27-18-14(21)10-13(11-15(18)26-2)12-16-19(25)22(20(28)29-16)8-7-17(23)24/h10-12H,3-9H2,1-2H3,(H,23,24)/b16-12-. The molecule has 9 heteroatoms. The number of methoxy groups -OCH3 is 1. The number of thioether (sulfide) groups is 1. The maximum atomic E-state index is 12.6. The molecular weight excluding hydrogens is 478 g/mol. The number of unbranched alkanes of at least 4 members (excludes halogenated alkanes) is 3. The topological polar surface area (TPSA) is 76.1 Å². The van der Waals surface area contributed by atoms with Crippen LogP contribution in [0.2, 0.25) is 0 Å². The van der Waals surface area contributed by atoms with Crippen molar-refractivity contribution in [3.63, 3.8) is 0 Å². The lowest BCUT2D eigenvalue weighted by atomic mass is 10.1. The fourth-order valence-electron chi connectivity index (χ4n) is 2.72. The van der Waals surface area contributed by atoms with Gasteiger partial charge in [0, 0.05) is 6.54 Å². The highest BCUT2D eigenvalue weighted by molar-refractivity contribution is 9.10. The number of benzene rings is 1. The summed E-state index contributed by atoms with van der Waals surface area (Å²) < 4.78 is 12.5. The Balaban J connectivity index is 2.14. The highest BCUT2D eigenvalue weighted by Gasteiger charge is 2.32. The SMILES string of the molecule is CCCCCCOc1c(Br)cc(/C=C2\SC(=S)N(CCC(=O)O)C2=O)cc1OC. The molecule has 0 atom stereocenters. The smallest absolute Gasteiger partial charge is 0.305 e. The van der Waals surface area contributed by atoms with Crippen LogP contribution < -0.4 is 9.47 Å². The van der Waals surface area contributed by atoms with Gasteiger partial charge in [-0.25, -0.2) is 0 Å². The Hall–Kier alpha value is -1.58. The number of carbonyl (C=O) groups is 2. The minimum Gasteiger partial charge on any atom is -0.493 e. The number of nitrogens with zero attached hydrogens (tertiary/aromatic N) is 1. The van der Waals surface area contributed by atoms with Gasteiger partial charge in [0.2, 0.25) is 0 Å². The molecule has 29 heavy (non-hydrogen) atoms. The van der Waals surface area contributed by atoms with Crippen molar-refractivity contribution in [2.75, 3.05) is 20.3 Å². The lowest BCUT2D eigenvalue weighted by Crippen LogP contribution is -2.30. The van der Waals surface area contributed by atoms with Gasteiger partial charge in [-0.15, -0.1) is 0 Å². The summed E-state index contributed by atoms with van der Waals surface area (Å²) in [5.41, 5.74) is 0.755. The number of halogens is 1. The molecule has 1 N–H and O–H groups in total. The number of carboxylic acid groups (broad SMARTS) is 1. The first-order chi connectivity index (χ1) is 13.9. The molecule has 1 heterocycles. The zero-order chi connectivity index (χ0) is 21.4. The van der Waals surface area contributed by atoms with E-state index in [1.165, 1.54) is 17.7 Å². The van der Waals surface area contributed by atoms with E-state index in [0.717, 1.165) is 34.6 Å². The summed E-state index contributed by atoms with van der Waals surface area (Å²) in [7, 11) is 1.57. The first kappa shape index (κ1) is 23.7. The van der Waals surface area contributed by atoms with Crippen molar-refractivity contribution in [3.05, 3.63) is 27.1 Å². The van der Waals surface area contributed by atoms with Crippen LogP contribution in [0.25, 0.3) is 6.08 Å². The fraction of sp³-hybridized carbons (Fsp3) is 0.450. The summed E-state index contributed by atoms with van der Waals surface area (Å²) in [5, 5.41) is 8.83. The molecule has 1 amide bonds. The molecule has 1 saturated heterocycles. The predicted octanol–water partition coefficient (Wildman–Crippen LogP) is 5.09. The molecule has 0 saturated carbocycles. The van der Waals surface area contributed by atoms with E-state index in [9.17, 15) is 9.59 Å². The maximum Gasteiger partial charge on any atom is 0.305 e. The first-order valence-corrected chi connectivity index (χ1v) is 11.4. The fourth-order valence-corrected chi connectivity index (χ4v) is 4.60. The zero-order valence-electron chi connectivity index (χ0n) is 16.4. The van der Waals surface area contributed by atoms with Crippen LogP contribution in [-0.4, -0.2) is 46.5 Å². The number of ether oxygens (including phenoxy) is 2. The number of amides is 1. The largest absolute Gasteiger partial charge is 0.493 e. The Morgan fingerprint density at radius 1 is 1.34 bits per heavy atom. The monoisotopic (exact) mass is 501 g/mol. The molecule has 0 aromatic heterocycles.